The molecule has 24 heavy (non-hydrogen) atoms. The van der Waals surface area contributed by atoms with Crippen LogP contribution >= 0.6 is 11.6 Å². The van der Waals surface area contributed by atoms with Crippen LogP contribution in [0.5, 0.6) is 0 Å². The molecule has 1 saturated carbocycles. The summed E-state index contributed by atoms with van der Waals surface area (Å²) in [6.45, 7) is 4.24. The van der Waals surface area contributed by atoms with E-state index in [-0.39, 0.29) is 23.2 Å². The molecule has 1 aliphatic heterocycles. The zero-order valence-electron chi connectivity index (χ0n) is 13.6. The van der Waals surface area contributed by atoms with Crippen molar-refractivity contribution in [1.29, 1.82) is 0 Å². The Bertz CT molecular complexity index is 843. The van der Waals surface area contributed by atoms with Crippen molar-refractivity contribution in [2.24, 2.45) is 10.9 Å². The van der Waals surface area contributed by atoms with Gasteiger partial charge in [0.1, 0.15) is 0 Å². The van der Waals surface area contributed by atoms with Crippen LogP contribution in [-0.4, -0.2) is 18.3 Å². The Morgan fingerprint density at radius 1 is 1.21 bits per heavy atom. The summed E-state index contributed by atoms with van der Waals surface area (Å²) < 4.78 is 5.37. The average Bonchev–Trinajstić information content (AvgIpc) is 3.19. The highest BCUT2D eigenvalue weighted by molar-refractivity contribution is 6.30. The van der Waals surface area contributed by atoms with E-state index < -0.39 is 0 Å². The van der Waals surface area contributed by atoms with Gasteiger partial charge >= 0.3 is 5.97 Å². The number of ether oxygens (including phenoxy) is 1. The molecule has 1 spiro atoms. The van der Waals surface area contributed by atoms with Gasteiger partial charge in [0, 0.05) is 16.7 Å². The van der Waals surface area contributed by atoms with Gasteiger partial charge in [-0.25, -0.2) is 0 Å². The van der Waals surface area contributed by atoms with Gasteiger partial charge in [0.25, 0.3) is 0 Å². The molecule has 122 valence electrons. The summed E-state index contributed by atoms with van der Waals surface area (Å²) >= 11 is 6.03. The number of halogens is 1. The fraction of sp³-hybridized carbons (Fsp3) is 0.300. The molecule has 2 aliphatic rings. The molecule has 2 aromatic rings. The van der Waals surface area contributed by atoms with Crippen LogP contribution in [0.25, 0.3) is 0 Å². The maximum Gasteiger partial charge on any atom is 0.310 e. The van der Waals surface area contributed by atoms with E-state index in [0.717, 1.165) is 22.5 Å². The van der Waals surface area contributed by atoms with Crippen LogP contribution < -0.4 is 0 Å². The molecule has 2 aromatic carbocycles. The van der Waals surface area contributed by atoms with E-state index in [1.165, 1.54) is 0 Å². The second-order valence-electron chi connectivity index (χ2n) is 6.34. The van der Waals surface area contributed by atoms with E-state index >= 15 is 0 Å². The fourth-order valence-corrected chi connectivity index (χ4v) is 4.37. The number of para-hydroxylation sites is 1. The normalized spacial score (nSPS) is 26.9. The lowest BCUT2D eigenvalue weighted by molar-refractivity contribution is -0.145. The van der Waals surface area contributed by atoms with Crippen LogP contribution in [0.3, 0.4) is 0 Å². The second-order valence-corrected chi connectivity index (χ2v) is 6.78. The number of fused-ring (bicyclic) bond motifs is 2. The van der Waals surface area contributed by atoms with Gasteiger partial charge in [-0.05, 0) is 43.2 Å². The maximum atomic E-state index is 12.7. The summed E-state index contributed by atoms with van der Waals surface area (Å²) in [6, 6.07) is 15.8. The highest BCUT2D eigenvalue weighted by atomic mass is 35.5. The van der Waals surface area contributed by atoms with Crippen molar-refractivity contribution in [3.05, 3.63) is 64.7 Å². The Kier molecular flexibility index (Phi) is 3.50. The number of benzene rings is 2. The van der Waals surface area contributed by atoms with Gasteiger partial charge in [0.15, 0.2) is 0 Å². The number of nitrogens with zero attached hydrogens (tertiary/aromatic N) is 1. The molecule has 0 aromatic heterocycles. The minimum Gasteiger partial charge on any atom is -0.466 e. The fourth-order valence-electron chi connectivity index (χ4n) is 4.24. The van der Waals surface area contributed by atoms with E-state index in [9.17, 15) is 4.79 Å². The molecule has 3 nitrogen and oxygen atoms in total. The molecular weight excluding hydrogens is 322 g/mol. The lowest BCUT2D eigenvalue weighted by Crippen LogP contribution is -2.22. The Labute approximate surface area is 146 Å². The Morgan fingerprint density at radius 2 is 1.92 bits per heavy atom. The Hall–Kier alpha value is -2.13. The predicted octanol–water partition coefficient (Wildman–Crippen LogP) is 4.66. The largest absolute Gasteiger partial charge is 0.466 e. The van der Waals surface area contributed by atoms with Crippen molar-refractivity contribution in [3.63, 3.8) is 0 Å². The molecule has 0 saturated heterocycles. The van der Waals surface area contributed by atoms with Crippen LogP contribution in [0.2, 0.25) is 5.02 Å². The standard InChI is InChI=1S/C20H18ClNO2/c1-3-24-19(23)18-17(13-8-10-14(21)11-9-13)20(18)12(2)22-16-7-5-4-6-15(16)20/h4-11,17-18H,3H2,1-2H3/t17-,18+,20+/m1/s1. The molecule has 1 heterocycles. The van der Waals surface area contributed by atoms with Gasteiger partial charge in [-0.2, -0.15) is 0 Å². The quantitative estimate of drug-likeness (QED) is 0.763. The number of carbonyl (C=O) groups is 1. The first-order valence-corrected chi connectivity index (χ1v) is 8.55. The van der Waals surface area contributed by atoms with Crippen molar-refractivity contribution in [2.45, 2.75) is 25.2 Å². The molecule has 0 radical (unpaired) electrons. The summed E-state index contributed by atoms with van der Waals surface area (Å²) in [5.41, 5.74) is 3.79. The minimum absolute atomic E-state index is 0.0428. The van der Waals surface area contributed by atoms with E-state index in [1.54, 1.807) is 0 Å². The topological polar surface area (TPSA) is 38.7 Å². The molecule has 3 atom stereocenters. The van der Waals surface area contributed by atoms with Crippen LogP contribution in [0.15, 0.2) is 53.5 Å². The summed E-state index contributed by atoms with van der Waals surface area (Å²) in [6.07, 6.45) is 0. The molecule has 4 rings (SSSR count). The number of rotatable bonds is 3. The zero-order chi connectivity index (χ0) is 16.9. The van der Waals surface area contributed by atoms with E-state index in [4.69, 9.17) is 21.3 Å². The molecule has 4 heteroatoms. The van der Waals surface area contributed by atoms with E-state index in [1.807, 2.05) is 56.3 Å². The predicted molar refractivity (Wildman–Crippen MR) is 95.2 cm³/mol. The third-order valence-corrected chi connectivity index (χ3v) is 5.46. The number of carbonyl (C=O) groups excluding carboxylic acids is 1. The second kappa shape index (κ2) is 5.45. The molecule has 0 N–H and O–H groups in total. The van der Waals surface area contributed by atoms with Crippen molar-refractivity contribution in [3.8, 4) is 0 Å². The summed E-state index contributed by atoms with van der Waals surface area (Å²) in [5.74, 6) is -0.337. The van der Waals surface area contributed by atoms with Gasteiger partial charge in [-0.1, -0.05) is 41.9 Å². The zero-order valence-corrected chi connectivity index (χ0v) is 14.4. The van der Waals surface area contributed by atoms with Crippen LogP contribution in [-0.2, 0) is 14.9 Å². The SMILES string of the molecule is CCOC(=O)[C@@H]1[C@@H](c2ccc(Cl)cc2)[C@@]12C(C)=Nc1ccccc12. The first-order chi connectivity index (χ1) is 11.6. The molecule has 0 unspecified atom stereocenters. The highest BCUT2D eigenvalue weighted by Crippen LogP contribution is 2.70. The first kappa shape index (κ1) is 15.4. The van der Waals surface area contributed by atoms with Crippen molar-refractivity contribution in [1.82, 2.24) is 0 Å². The maximum absolute atomic E-state index is 12.7. The van der Waals surface area contributed by atoms with Crippen LogP contribution in [0.1, 0.15) is 30.9 Å². The van der Waals surface area contributed by atoms with Gasteiger partial charge in [-0.15, -0.1) is 0 Å². The van der Waals surface area contributed by atoms with E-state index in [2.05, 4.69) is 6.07 Å². The van der Waals surface area contributed by atoms with E-state index in [0.29, 0.717) is 11.6 Å². The third-order valence-electron chi connectivity index (χ3n) is 5.21. The van der Waals surface area contributed by atoms with Crippen molar-refractivity contribution >= 4 is 29.0 Å². The minimum atomic E-state index is -0.378. The molecule has 1 fully saturated rings. The lowest BCUT2D eigenvalue weighted by atomic mass is 9.87. The number of hydrogen-bond donors (Lipinski definition) is 0. The van der Waals surface area contributed by atoms with Crippen molar-refractivity contribution < 1.29 is 9.53 Å². The summed E-state index contributed by atoms with van der Waals surface area (Å²) in [4.78, 5) is 17.4. The van der Waals surface area contributed by atoms with Crippen LogP contribution in [0, 0.1) is 5.92 Å². The van der Waals surface area contributed by atoms with Gasteiger partial charge in [0.05, 0.1) is 23.6 Å². The van der Waals surface area contributed by atoms with Gasteiger partial charge in [-0.3, -0.25) is 9.79 Å². The van der Waals surface area contributed by atoms with Crippen molar-refractivity contribution in [2.75, 3.05) is 6.61 Å². The molecule has 0 amide bonds. The number of esters is 1. The highest BCUT2D eigenvalue weighted by Gasteiger charge is 2.73. The average molecular weight is 340 g/mol. The lowest BCUT2D eigenvalue weighted by Gasteiger charge is -2.13. The van der Waals surface area contributed by atoms with Gasteiger partial charge < -0.3 is 4.74 Å². The molecule has 0 bridgehead atoms. The third kappa shape index (κ3) is 1.97. The Balaban J connectivity index is 1.85. The Morgan fingerprint density at radius 3 is 2.62 bits per heavy atom. The monoisotopic (exact) mass is 339 g/mol. The molecule has 1 aliphatic carbocycles. The first-order valence-electron chi connectivity index (χ1n) is 8.18. The summed E-state index contributed by atoms with van der Waals surface area (Å²) in [5, 5.41) is 0.693. The van der Waals surface area contributed by atoms with Crippen LogP contribution in [0.4, 0.5) is 5.69 Å². The molecular formula is C20H18ClNO2. The smallest absolute Gasteiger partial charge is 0.310 e. The van der Waals surface area contributed by atoms with Gasteiger partial charge in [0.2, 0.25) is 0 Å². The number of hydrogen-bond acceptors (Lipinski definition) is 3. The summed E-state index contributed by atoms with van der Waals surface area (Å²) in [7, 11) is 0. The number of aliphatic imine (C=N–C) groups is 1.